The molecule has 8 nitrogen and oxygen atoms in total. The summed E-state index contributed by atoms with van der Waals surface area (Å²) >= 11 is 0. The smallest absolute Gasteiger partial charge is 0.339 e. The molecule has 1 N–H and O–H groups in total. The molecule has 2 heterocycles. The van der Waals surface area contributed by atoms with Crippen molar-refractivity contribution in [1.29, 1.82) is 5.26 Å². The third kappa shape index (κ3) is 1.93. The highest BCUT2D eigenvalue weighted by Crippen LogP contribution is 2.06. The van der Waals surface area contributed by atoms with Crippen LogP contribution in [-0.4, -0.2) is 35.8 Å². The number of nitrogens with zero attached hydrogens (tertiary/aromatic N) is 6. The first-order valence-corrected chi connectivity index (χ1v) is 4.51. The Morgan fingerprint density at radius 1 is 1.53 bits per heavy atom. The summed E-state index contributed by atoms with van der Waals surface area (Å²) in [5.74, 6) is -0.930. The summed E-state index contributed by atoms with van der Waals surface area (Å²) in [6.07, 6.45) is 2.47. The highest BCUT2D eigenvalue weighted by molar-refractivity contribution is 5.88. The highest BCUT2D eigenvalue weighted by Gasteiger charge is 2.11. The Morgan fingerprint density at radius 3 is 2.82 bits per heavy atom. The number of rotatable bonds is 2. The second kappa shape index (κ2) is 3.97. The molecule has 0 aliphatic rings. The highest BCUT2D eigenvalue weighted by atomic mass is 16.4. The molecule has 0 aliphatic carbocycles. The lowest BCUT2D eigenvalue weighted by molar-refractivity contribution is 0.0695. The van der Waals surface area contributed by atoms with Crippen LogP contribution in [0.5, 0.6) is 0 Å². The zero-order valence-corrected chi connectivity index (χ0v) is 8.69. The van der Waals surface area contributed by atoms with E-state index in [9.17, 15) is 4.79 Å². The predicted octanol–water partition coefficient (Wildman–Crippen LogP) is -0.0644. The fourth-order valence-corrected chi connectivity index (χ4v) is 1.19. The lowest BCUT2D eigenvalue weighted by atomic mass is 10.2. The van der Waals surface area contributed by atoms with Crippen LogP contribution in [0.3, 0.4) is 0 Å². The van der Waals surface area contributed by atoms with Crippen molar-refractivity contribution in [2.75, 3.05) is 0 Å². The first-order valence-electron chi connectivity index (χ1n) is 4.51. The molecule has 0 amide bonds. The molecule has 0 aliphatic heterocycles. The van der Waals surface area contributed by atoms with E-state index < -0.39 is 5.97 Å². The number of aromatic nitrogens is 5. The Kier molecular flexibility index (Phi) is 2.50. The molecule has 2 aromatic heterocycles. The minimum atomic E-state index is -1.09. The van der Waals surface area contributed by atoms with E-state index in [0.29, 0.717) is 5.69 Å². The zero-order valence-electron chi connectivity index (χ0n) is 8.69. The predicted molar refractivity (Wildman–Crippen MR) is 53.4 cm³/mol. The minimum absolute atomic E-state index is 0.00596. The van der Waals surface area contributed by atoms with E-state index in [1.807, 2.05) is 0 Å². The van der Waals surface area contributed by atoms with Crippen LogP contribution >= 0.6 is 0 Å². The van der Waals surface area contributed by atoms with Crippen LogP contribution in [0.25, 0.3) is 5.95 Å². The van der Waals surface area contributed by atoms with Gasteiger partial charge < -0.3 is 5.11 Å². The maximum Gasteiger partial charge on any atom is 0.339 e. The first-order chi connectivity index (χ1) is 8.11. The van der Waals surface area contributed by atoms with E-state index >= 15 is 0 Å². The average molecular weight is 230 g/mol. The quantitative estimate of drug-likeness (QED) is 0.767. The number of hydrogen-bond donors (Lipinski definition) is 1. The minimum Gasteiger partial charge on any atom is -0.478 e. The normalized spacial score (nSPS) is 9.88. The van der Waals surface area contributed by atoms with Crippen molar-refractivity contribution in [2.24, 2.45) is 0 Å². The number of carboxylic acids is 1. The second-order valence-electron chi connectivity index (χ2n) is 3.10. The fraction of sp³-hybridized carbons (Fsp3) is 0.111. The van der Waals surface area contributed by atoms with Crippen LogP contribution in [0.2, 0.25) is 0 Å². The van der Waals surface area contributed by atoms with E-state index in [2.05, 4.69) is 20.1 Å². The Hall–Kier alpha value is -2.82. The van der Waals surface area contributed by atoms with Gasteiger partial charge in [0.15, 0.2) is 0 Å². The lowest BCUT2D eigenvalue weighted by Gasteiger charge is -2.02. The summed E-state index contributed by atoms with van der Waals surface area (Å²) in [6.45, 7) is 1.55. The lowest BCUT2D eigenvalue weighted by Crippen LogP contribution is -2.08. The largest absolute Gasteiger partial charge is 0.478 e. The van der Waals surface area contributed by atoms with Gasteiger partial charge in [0.05, 0.1) is 11.3 Å². The van der Waals surface area contributed by atoms with Gasteiger partial charge in [0, 0.05) is 6.20 Å². The molecule has 0 saturated carbocycles. The summed E-state index contributed by atoms with van der Waals surface area (Å²) in [7, 11) is 0. The number of aryl methyl sites for hydroxylation is 1. The van der Waals surface area contributed by atoms with E-state index in [4.69, 9.17) is 10.4 Å². The molecule has 2 rings (SSSR count). The molecule has 0 fully saturated rings. The van der Waals surface area contributed by atoms with Crippen molar-refractivity contribution in [2.45, 2.75) is 6.92 Å². The van der Waals surface area contributed by atoms with Gasteiger partial charge in [0.25, 0.3) is 11.8 Å². The summed E-state index contributed by atoms with van der Waals surface area (Å²) in [5.41, 5.74) is 0.339. The number of carboxylic acid groups (broad SMARTS) is 1. The number of hydrogen-bond acceptors (Lipinski definition) is 6. The van der Waals surface area contributed by atoms with Crippen LogP contribution in [0.15, 0.2) is 12.5 Å². The van der Waals surface area contributed by atoms with Gasteiger partial charge in [-0.25, -0.2) is 19.7 Å². The van der Waals surface area contributed by atoms with Crippen LogP contribution in [-0.2, 0) is 0 Å². The molecule has 0 atom stereocenters. The van der Waals surface area contributed by atoms with Gasteiger partial charge in [-0.1, -0.05) is 0 Å². The van der Waals surface area contributed by atoms with E-state index in [1.165, 1.54) is 17.2 Å². The fourth-order valence-electron chi connectivity index (χ4n) is 1.19. The van der Waals surface area contributed by atoms with Crippen molar-refractivity contribution in [3.05, 3.63) is 29.6 Å². The third-order valence-corrected chi connectivity index (χ3v) is 1.99. The number of carbonyl (C=O) groups is 1. The van der Waals surface area contributed by atoms with E-state index in [-0.39, 0.29) is 17.3 Å². The molecule has 8 heteroatoms. The molecule has 84 valence electrons. The van der Waals surface area contributed by atoms with Crippen LogP contribution in [0, 0.1) is 18.3 Å². The van der Waals surface area contributed by atoms with Crippen molar-refractivity contribution in [1.82, 2.24) is 24.7 Å². The molecule has 17 heavy (non-hydrogen) atoms. The summed E-state index contributed by atoms with van der Waals surface area (Å²) < 4.78 is 1.21. The molecule has 0 unspecified atom stereocenters. The zero-order chi connectivity index (χ0) is 12.4. The summed E-state index contributed by atoms with van der Waals surface area (Å²) in [4.78, 5) is 22.3. The molecular weight excluding hydrogens is 224 g/mol. The van der Waals surface area contributed by atoms with Gasteiger partial charge >= 0.3 is 5.97 Å². The van der Waals surface area contributed by atoms with Gasteiger partial charge in [0.2, 0.25) is 0 Å². The monoisotopic (exact) mass is 230 g/mol. The van der Waals surface area contributed by atoms with Gasteiger partial charge in [-0.3, -0.25) is 0 Å². The van der Waals surface area contributed by atoms with Gasteiger partial charge in [-0.05, 0) is 6.92 Å². The van der Waals surface area contributed by atoms with Crippen LogP contribution < -0.4 is 0 Å². The number of aromatic carboxylic acids is 1. The average Bonchev–Trinajstić information content (AvgIpc) is 2.76. The molecule has 0 spiro atoms. The van der Waals surface area contributed by atoms with Crippen molar-refractivity contribution in [3.8, 4) is 12.0 Å². The maximum atomic E-state index is 10.8. The molecule has 0 bridgehead atoms. The maximum absolute atomic E-state index is 10.8. The second-order valence-corrected chi connectivity index (χ2v) is 3.10. The third-order valence-electron chi connectivity index (χ3n) is 1.99. The van der Waals surface area contributed by atoms with Crippen molar-refractivity contribution < 1.29 is 9.90 Å². The van der Waals surface area contributed by atoms with Crippen molar-refractivity contribution in [3.63, 3.8) is 0 Å². The standard InChI is InChI=1S/C9H6N6O2/c1-5-6(8(16)17)3-11-9(13-5)15-4-12-7(2-10)14-15/h3-4H,1H3,(H,16,17). The Bertz CT molecular complexity index is 627. The molecule has 2 aromatic rings. The summed E-state index contributed by atoms with van der Waals surface area (Å²) in [5, 5.41) is 21.2. The molecule has 0 radical (unpaired) electrons. The number of nitriles is 1. The van der Waals surface area contributed by atoms with E-state index in [1.54, 1.807) is 13.0 Å². The van der Waals surface area contributed by atoms with Crippen LogP contribution in [0.4, 0.5) is 0 Å². The molecule has 0 aromatic carbocycles. The first kappa shape index (κ1) is 10.7. The Labute approximate surface area is 95.2 Å². The topological polar surface area (TPSA) is 118 Å². The Morgan fingerprint density at radius 2 is 2.29 bits per heavy atom. The molecular formula is C9H6N6O2. The van der Waals surface area contributed by atoms with Gasteiger partial charge in [-0.2, -0.15) is 9.94 Å². The van der Waals surface area contributed by atoms with Gasteiger partial charge in [0.1, 0.15) is 12.4 Å². The van der Waals surface area contributed by atoms with Gasteiger partial charge in [-0.15, -0.1) is 5.10 Å². The van der Waals surface area contributed by atoms with Crippen molar-refractivity contribution >= 4 is 5.97 Å². The van der Waals surface area contributed by atoms with Crippen LogP contribution in [0.1, 0.15) is 21.9 Å². The van der Waals surface area contributed by atoms with E-state index in [0.717, 1.165) is 0 Å². The molecule has 0 saturated heterocycles. The Balaban J connectivity index is 2.45. The summed E-state index contributed by atoms with van der Waals surface area (Å²) in [6, 6.07) is 1.77. The SMILES string of the molecule is Cc1nc(-n2cnc(C#N)n2)ncc1C(=O)O.